The van der Waals surface area contributed by atoms with Crippen molar-refractivity contribution in [3.63, 3.8) is 0 Å². The molecule has 1 amide bonds. The topological polar surface area (TPSA) is 34.4 Å². The third-order valence-corrected chi connectivity index (χ3v) is 3.66. The summed E-state index contributed by atoms with van der Waals surface area (Å²) < 4.78 is 1.97. The fourth-order valence-electron chi connectivity index (χ4n) is 1.32. The Kier molecular flexibility index (Phi) is 3.26. The van der Waals surface area contributed by atoms with Crippen molar-refractivity contribution in [2.75, 3.05) is 0 Å². The Balaban J connectivity index is 3.36. The van der Waals surface area contributed by atoms with Crippen molar-refractivity contribution in [3.05, 3.63) is 15.4 Å². The van der Waals surface area contributed by atoms with E-state index in [4.69, 9.17) is 0 Å². The number of rotatable bonds is 1. The average molecular weight is 212 g/mol. The molecule has 0 saturated heterocycles. The lowest BCUT2D eigenvalue weighted by molar-refractivity contribution is -0.116. The van der Waals surface area contributed by atoms with Crippen molar-refractivity contribution in [1.82, 2.24) is 4.57 Å². The van der Waals surface area contributed by atoms with Gasteiger partial charge in [0, 0.05) is 24.5 Å². The van der Waals surface area contributed by atoms with Gasteiger partial charge in [-0.15, -0.1) is 11.3 Å². The lowest BCUT2D eigenvalue weighted by Crippen LogP contribution is -2.13. The minimum absolute atomic E-state index is 0.142. The number of thiazole rings is 1. The highest BCUT2D eigenvalue weighted by atomic mass is 32.1. The zero-order valence-corrected chi connectivity index (χ0v) is 10.1. The molecule has 1 heterocycles. The maximum atomic E-state index is 10.9. The minimum atomic E-state index is -0.142. The molecule has 0 aliphatic heterocycles. The van der Waals surface area contributed by atoms with E-state index in [1.807, 2.05) is 11.6 Å². The van der Waals surface area contributed by atoms with E-state index in [0.29, 0.717) is 5.92 Å². The maximum absolute atomic E-state index is 10.9. The highest BCUT2D eigenvalue weighted by Gasteiger charge is 2.10. The second kappa shape index (κ2) is 4.09. The molecule has 0 unspecified atom stereocenters. The van der Waals surface area contributed by atoms with Crippen LogP contribution in [0.3, 0.4) is 0 Å². The number of carbonyl (C=O) groups excluding carboxylic acids is 1. The van der Waals surface area contributed by atoms with Crippen LogP contribution in [0.5, 0.6) is 0 Å². The fourth-order valence-corrected chi connectivity index (χ4v) is 2.48. The van der Waals surface area contributed by atoms with Crippen molar-refractivity contribution in [3.8, 4) is 0 Å². The predicted molar refractivity (Wildman–Crippen MR) is 58.4 cm³/mol. The van der Waals surface area contributed by atoms with Gasteiger partial charge in [-0.1, -0.05) is 13.8 Å². The van der Waals surface area contributed by atoms with Gasteiger partial charge in [0.2, 0.25) is 5.91 Å². The van der Waals surface area contributed by atoms with E-state index in [1.165, 1.54) is 17.5 Å². The van der Waals surface area contributed by atoms with Crippen LogP contribution in [0.15, 0.2) is 4.99 Å². The summed E-state index contributed by atoms with van der Waals surface area (Å²) in [5, 5.41) is 0. The van der Waals surface area contributed by atoms with E-state index in [1.54, 1.807) is 11.3 Å². The molecule has 0 fully saturated rings. The second-order valence-electron chi connectivity index (χ2n) is 3.68. The lowest BCUT2D eigenvalue weighted by Gasteiger charge is -2.02. The zero-order chi connectivity index (χ0) is 10.9. The molecule has 0 spiro atoms. The summed E-state index contributed by atoms with van der Waals surface area (Å²) in [6.45, 7) is 7.84. The molecule has 0 N–H and O–H groups in total. The van der Waals surface area contributed by atoms with Gasteiger partial charge in [0.05, 0.1) is 0 Å². The quantitative estimate of drug-likeness (QED) is 0.700. The maximum Gasteiger partial charge on any atom is 0.245 e. The summed E-state index contributed by atoms with van der Waals surface area (Å²) in [6.07, 6.45) is 0. The number of aromatic nitrogens is 1. The van der Waals surface area contributed by atoms with Crippen molar-refractivity contribution >= 4 is 17.2 Å². The van der Waals surface area contributed by atoms with Crippen molar-refractivity contribution in [1.29, 1.82) is 0 Å². The van der Waals surface area contributed by atoms with Crippen LogP contribution in [0.1, 0.15) is 37.3 Å². The zero-order valence-electron chi connectivity index (χ0n) is 9.29. The van der Waals surface area contributed by atoms with Crippen LogP contribution < -0.4 is 4.80 Å². The number of amides is 1. The Hall–Kier alpha value is -0.900. The van der Waals surface area contributed by atoms with E-state index in [9.17, 15) is 4.79 Å². The second-order valence-corrected chi connectivity index (χ2v) is 4.69. The number of carbonyl (C=O) groups is 1. The molecule has 1 aromatic heterocycles. The Morgan fingerprint density at radius 3 is 2.43 bits per heavy atom. The van der Waals surface area contributed by atoms with Gasteiger partial charge in [-0.25, -0.2) is 0 Å². The normalized spacial score (nSPS) is 12.6. The van der Waals surface area contributed by atoms with Crippen LogP contribution in [-0.2, 0) is 11.8 Å². The van der Waals surface area contributed by atoms with Gasteiger partial charge in [-0.3, -0.25) is 4.79 Å². The van der Waals surface area contributed by atoms with Gasteiger partial charge >= 0.3 is 0 Å². The number of hydrogen-bond donors (Lipinski definition) is 0. The molecular formula is C10H16N2OS. The fraction of sp³-hybridized carbons (Fsp3) is 0.600. The first-order chi connectivity index (χ1) is 6.43. The highest BCUT2D eigenvalue weighted by Crippen LogP contribution is 2.21. The Morgan fingerprint density at radius 2 is 2.07 bits per heavy atom. The van der Waals surface area contributed by atoms with Gasteiger partial charge in [0.15, 0.2) is 4.80 Å². The number of hydrogen-bond acceptors (Lipinski definition) is 2. The summed E-state index contributed by atoms with van der Waals surface area (Å²) in [7, 11) is 1.94. The first kappa shape index (κ1) is 11.2. The largest absolute Gasteiger partial charge is 0.324 e. The van der Waals surface area contributed by atoms with E-state index in [2.05, 4.69) is 25.8 Å². The molecule has 0 aliphatic rings. The molecule has 0 aliphatic carbocycles. The van der Waals surface area contributed by atoms with Gasteiger partial charge in [-0.05, 0) is 12.8 Å². The summed E-state index contributed by atoms with van der Waals surface area (Å²) in [4.78, 5) is 16.9. The summed E-state index contributed by atoms with van der Waals surface area (Å²) in [5.41, 5.74) is 1.20. The van der Waals surface area contributed by atoms with E-state index in [0.717, 1.165) is 4.80 Å². The highest BCUT2D eigenvalue weighted by molar-refractivity contribution is 7.09. The van der Waals surface area contributed by atoms with Crippen molar-refractivity contribution in [2.45, 2.75) is 33.6 Å². The van der Waals surface area contributed by atoms with Crippen molar-refractivity contribution < 1.29 is 4.79 Å². The van der Waals surface area contributed by atoms with E-state index < -0.39 is 0 Å². The molecule has 14 heavy (non-hydrogen) atoms. The molecule has 0 radical (unpaired) electrons. The molecule has 4 heteroatoms. The first-order valence-corrected chi connectivity index (χ1v) is 5.46. The van der Waals surface area contributed by atoms with Gasteiger partial charge in [0.1, 0.15) is 0 Å². The molecule has 0 atom stereocenters. The van der Waals surface area contributed by atoms with Crippen LogP contribution in [0.2, 0.25) is 0 Å². The minimum Gasteiger partial charge on any atom is -0.324 e. The van der Waals surface area contributed by atoms with Crippen LogP contribution in [0, 0.1) is 6.92 Å². The molecular weight excluding hydrogens is 196 g/mol. The smallest absolute Gasteiger partial charge is 0.245 e. The van der Waals surface area contributed by atoms with Crippen LogP contribution in [0.4, 0.5) is 0 Å². The predicted octanol–water partition coefficient (Wildman–Crippen LogP) is 1.97. The Morgan fingerprint density at radius 1 is 1.50 bits per heavy atom. The number of nitrogens with zero attached hydrogens (tertiary/aromatic N) is 2. The van der Waals surface area contributed by atoms with Gasteiger partial charge in [-0.2, -0.15) is 4.99 Å². The molecule has 1 rings (SSSR count). The molecule has 3 nitrogen and oxygen atoms in total. The van der Waals surface area contributed by atoms with Gasteiger partial charge < -0.3 is 4.57 Å². The summed E-state index contributed by atoms with van der Waals surface area (Å²) >= 11 is 1.60. The van der Waals surface area contributed by atoms with Crippen LogP contribution >= 0.6 is 11.3 Å². The SMILES string of the molecule is CC(=O)N=c1sc(C(C)C)c(C)n1C. The molecule has 78 valence electrons. The molecule has 0 aromatic carbocycles. The molecule has 1 aromatic rings. The van der Waals surface area contributed by atoms with Crippen LogP contribution in [-0.4, -0.2) is 10.5 Å². The third-order valence-electron chi connectivity index (χ3n) is 2.13. The summed E-state index contributed by atoms with van der Waals surface area (Å²) in [6, 6.07) is 0. The molecule has 0 bridgehead atoms. The van der Waals surface area contributed by atoms with E-state index in [-0.39, 0.29) is 5.91 Å². The Labute approximate surface area is 88.1 Å². The monoisotopic (exact) mass is 212 g/mol. The van der Waals surface area contributed by atoms with Crippen LogP contribution in [0.25, 0.3) is 0 Å². The summed E-state index contributed by atoms with van der Waals surface area (Å²) in [5.74, 6) is 0.347. The average Bonchev–Trinajstić information content (AvgIpc) is 2.32. The Bertz CT molecular complexity index is 412. The standard InChI is InChI=1S/C10H16N2OS/c1-6(2)9-7(3)12(5)10(14-9)11-8(4)13/h6H,1-5H3. The van der Waals surface area contributed by atoms with Crippen molar-refractivity contribution in [2.24, 2.45) is 12.0 Å². The molecule has 0 saturated carbocycles. The van der Waals surface area contributed by atoms with E-state index >= 15 is 0 Å². The van der Waals surface area contributed by atoms with Gasteiger partial charge in [0.25, 0.3) is 0 Å². The lowest BCUT2D eigenvalue weighted by atomic mass is 10.1. The first-order valence-electron chi connectivity index (χ1n) is 4.65. The third kappa shape index (κ3) is 2.12.